The van der Waals surface area contributed by atoms with E-state index in [9.17, 15) is 4.79 Å². The van der Waals surface area contributed by atoms with Crippen molar-refractivity contribution < 1.29 is 8.83 Å². The molecular weight excluding hydrogens is 372 g/mol. The predicted molar refractivity (Wildman–Crippen MR) is 112 cm³/mol. The van der Waals surface area contributed by atoms with E-state index < -0.39 is 5.63 Å². The molecule has 0 saturated carbocycles. The summed E-state index contributed by atoms with van der Waals surface area (Å²) < 4.78 is 11.9. The zero-order valence-corrected chi connectivity index (χ0v) is 15.6. The molecule has 0 aliphatic rings. The molecule has 0 aliphatic heterocycles. The molecule has 0 amide bonds. The number of halogens is 1. The molecule has 0 spiro atoms. The van der Waals surface area contributed by atoms with Crippen molar-refractivity contribution in [2.75, 3.05) is 0 Å². The van der Waals surface area contributed by atoms with Crippen molar-refractivity contribution in [3.8, 4) is 11.1 Å². The maximum Gasteiger partial charge on any atom is 0.348 e. The molecule has 28 heavy (non-hydrogen) atoms. The number of para-hydroxylation sites is 1. The Hall–Kier alpha value is -3.30. The summed E-state index contributed by atoms with van der Waals surface area (Å²) in [5, 5.41) is 1.89. The Morgan fingerprint density at radius 2 is 1.50 bits per heavy atom. The Labute approximate surface area is 165 Å². The average Bonchev–Trinajstić information content (AvgIpc) is 3.09. The second-order valence-corrected chi connectivity index (χ2v) is 7.10. The van der Waals surface area contributed by atoms with E-state index in [4.69, 9.17) is 20.4 Å². The first-order valence-corrected chi connectivity index (χ1v) is 9.35. The minimum Gasteiger partial charge on any atom is -0.459 e. The van der Waals surface area contributed by atoms with Crippen molar-refractivity contribution in [1.82, 2.24) is 0 Å². The third-order valence-electron chi connectivity index (χ3n) is 4.86. The predicted octanol–water partition coefficient (Wildman–Crippen LogP) is 6.45. The average molecular weight is 387 g/mol. The van der Waals surface area contributed by atoms with Crippen molar-refractivity contribution in [3.05, 3.63) is 106 Å². The van der Waals surface area contributed by atoms with Crippen LogP contribution < -0.4 is 5.63 Å². The van der Waals surface area contributed by atoms with E-state index in [1.54, 1.807) is 6.07 Å². The van der Waals surface area contributed by atoms with Gasteiger partial charge in [0.25, 0.3) is 0 Å². The Kier molecular flexibility index (Phi) is 4.03. The molecule has 2 heterocycles. The first-order valence-electron chi connectivity index (χ1n) is 8.98. The highest BCUT2D eigenvalue weighted by Crippen LogP contribution is 2.37. The maximum atomic E-state index is 12.9. The molecule has 0 unspecified atom stereocenters. The highest BCUT2D eigenvalue weighted by molar-refractivity contribution is 6.30. The lowest BCUT2D eigenvalue weighted by molar-refractivity contribution is 0.553. The molecule has 0 bridgehead atoms. The number of hydrogen-bond donors (Lipinski definition) is 0. The van der Waals surface area contributed by atoms with Crippen LogP contribution in [0.25, 0.3) is 33.1 Å². The first-order chi connectivity index (χ1) is 13.7. The maximum absolute atomic E-state index is 12.9. The largest absolute Gasteiger partial charge is 0.459 e. The normalized spacial score (nSPS) is 11.3. The van der Waals surface area contributed by atoms with Gasteiger partial charge in [-0.25, -0.2) is 4.79 Å². The van der Waals surface area contributed by atoms with Gasteiger partial charge in [-0.2, -0.15) is 0 Å². The number of furan rings is 1. The van der Waals surface area contributed by atoms with Gasteiger partial charge in [0, 0.05) is 17.0 Å². The minimum atomic E-state index is -0.401. The molecule has 0 N–H and O–H groups in total. The Morgan fingerprint density at radius 3 is 2.29 bits per heavy atom. The van der Waals surface area contributed by atoms with E-state index in [1.165, 1.54) is 0 Å². The van der Waals surface area contributed by atoms with Crippen LogP contribution in [0.4, 0.5) is 0 Å². The minimum absolute atomic E-state index is 0.401. The summed E-state index contributed by atoms with van der Waals surface area (Å²) in [7, 11) is 0. The molecule has 2 aromatic heterocycles. The number of rotatable bonds is 3. The zero-order valence-electron chi connectivity index (χ0n) is 14.8. The van der Waals surface area contributed by atoms with Gasteiger partial charge in [0.05, 0.1) is 5.39 Å². The molecule has 0 radical (unpaired) electrons. The van der Waals surface area contributed by atoms with E-state index in [0.29, 0.717) is 28.0 Å². The Morgan fingerprint density at radius 1 is 0.786 bits per heavy atom. The summed E-state index contributed by atoms with van der Waals surface area (Å²) in [4.78, 5) is 12.9. The molecular formula is C24H15ClO3. The molecule has 0 atom stereocenters. The molecule has 0 saturated heterocycles. The van der Waals surface area contributed by atoms with Crippen molar-refractivity contribution in [2.45, 2.75) is 6.42 Å². The van der Waals surface area contributed by atoms with Gasteiger partial charge < -0.3 is 8.83 Å². The molecule has 0 aliphatic carbocycles. The van der Waals surface area contributed by atoms with Crippen LogP contribution in [-0.4, -0.2) is 0 Å². The summed E-state index contributed by atoms with van der Waals surface area (Å²) >= 11 is 6.07. The van der Waals surface area contributed by atoms with E-state index in [2.05, 4.69) is 0 Å². The lowest BCUT2D eigenvalue weighted by Gasteiger charge is -2.04. The summed E-state index contributed by atoms with van der Waals surface area (Å²) in [6, 6.07) is 24.9. The van der Waals surface area contributed by atoms with Crippen LogP contribution in [0, 0.1) is 0 Å². The molecule has 3 nitrogen and oxygen atoms in total. The van der Waals surface area contributed by atoms with Crippen LogP contribution in [0.1, 0.15) is 11.3 Å². The fraction of sp³-hybridized carbons (Fsp3) is 0.0417. The van der Waals surface area contributed by atoms with Crippen LogP contribution in [0.2, 0.25) is 5.02 Å². The van der Waals surface area contributed by atoms with Gasteiger partial charge in [-0.05, 0) is 35.4 Å². The smallest absolute Gasteiger partial charge is 0.348 e. The van der Waals surface area contributed by atoms with Crippen LogP contribution in [0.3, 0.4) is 0 Å². The first kappa shape index (κ1) is 16.8. The fourth-order valence-electron chi connectivity index (χ4n) is 3.58. The Bertz CT molecular complexity index is 1350. The topological polar surface area (TPSA) is 43.4 Å². The van der Waals surface area contributed by atoms with Gasteiger partial charge in [-0.15, -0.1) is 0 Å². The Balaban J connectivity index is 1.85. The summed E-state index contributed by atoms with van der Waals surface area (Å²) in [5.74, 6) is 0.729. The van der Waals surface area contributed by atoms with Gasteiger partial charge in [-0.3, -0.25) is 0 Å². The molecule has 0 fully saturated rings. The monoisotopic (exact) mass is 386 g/mol. The van der Waals surface area contributed by atoms with Crippen LogP contribution in [0.15, 0.2) is 92.5 Å². The van der Waals surface area contributed by atoms with Crippen molar-refractivity contribution in [1.29, 1.82) is 0 Å². The van der Waals surface area contributed by atoms with E-state index in [1.807, 2.05) is 72.8 Å². The SMILES string of the molecule is O=c1oc2ccccc2c2oc(Cc3ccccc3)c(-c3ccc(Cl)cc3)c12. The highest BCUT2D eigenvalue weighted by Gasteiger charge is 2.22. The lowest BCUT2D eigenvalue weighted by atomic mass is 9.99. The second-order valence-electron chi connectivity index (χ2n) is 6.66. The van der Waals surface area contributed by atoms with E-state index >= 15 is 0 Å². The van der Waals surface area contributed by atoms with Crippen LogP contribution >= 0.6 is 11.6 Å². The molecule has 4 heteroatoms. The molecule has 136 valence electrons. The summed E-state index contributed by atoms with van der Waals surface area (Å²) in [6.45, 7) is 0. The number of benzene rings is 3. The van der Waals surface area contributed by atoms with Crippen LogP contribution in [-0.2, 0) is 6.42 Å². The number of hydrogen-bond acceptors (Lipinski definition) is 3. The molecule has 5 aromatic rings. The van der Waals surface area contributed by atoms with E-state index in [-0.39, 0.29) is 0 Å². The third-order valence-corrected chi connectivity index (χ3v) is 5.11. The van der Waals surface area contributed by atoms with Gasteiger partial charge in [0.2, 0.25) is 0 Å². The molecule has 5 rings (SSSR count). The third kappa shape index (κ3) is 2.81. The number of fused-ring (bicyclic) bond motifs is 3. The lowest BCUT2D eigenvalue weighted by Crippen LogP contribution is -2.00. The van der Waals surface area contributed by atoms with E-state index in [0.717, 1.165) is 27.8 Å². The quantitative estimate of drug-likeness (QED) is 0.334. The van der Waals surface area contributed by atoms with Crippen molar-refractivity contribution in [3.63, 3.8) is 0 Å². The van der Waals surface area contributed by atoms with Gasteiger partial charge in [-0.1, -0.05) is 66.2 Å². The second kappa shape index (κ2) is 6.70. The van der Waals surface area contributed by atoms with Crippen LogP contribution in [0.5, 0.6) is 0 Å². The van der Waals surface area contributed by atoms with Crippen molar-refractivity contribution >= 4 is 33.5 Å². The van der Waals surface area contributed by atoms with Crippen molar-refractivity contribution in [2.24, 2.45) is 0 Å². The highest BCUT2D eigenvalue weighted by atomic mass is 35.5. The summed E-state index contributed by atoms with van der Waals surface area (Å²) in [5.41, 5.74) is 3.41. The standard InChI is InChI=1S/C24H15ClO3/c25-17-12-10-16(11-13-17)21-20(14-15-6-2-1-3-7-15)27-23-18-8-4-5-9-19(18)28-24(26)22(21)23/h1-13H,14H2. The summed E-state index contributed by atoms with van der Waals surface area (Å²) in [6.07, 6.45) is 0.571. The zero-order chi connectivity index (χ0) is 19.1. The fourth-order valence-corrected chi connectivity index (χ4v) is 3.71. The molecule has 3 aromatic carbocycles. The van der Waals surface area contributed by atoms with Gasteiger partial charge in [0.15, 0.2) is 5.58 Å². The van der Waals surface area contributed by atoms with Gasteiger partial charge in [0.1, 0.15) is 16.7 Å². The van der Waals surface area contributed by atoms with Gasteiger partial charge >= 0.3 is 5.63 Å².